The minimum atomic E-state index is -0.945. The van der Waals surface area contributed by atoms with Gasteiger partial charge in [0.25, 0.3) is 5.56 Å². The zero-order valence-electron chi connectivity index (χ0n) is 7.82. The third-order valence-electron chi connectivity index (χ3n) is 2.03. The minimum Gasteiger partial charge on any atom is -0.481 e. The van der Waals surface area contributed by atoms with Crippen LogP contribution in [0.5, 0.6) is 0 Å². The molecule has 0 bridgehead atoms. The fraction of sp³-hybridized carbons (Fsp3) is 0.333. The molecule has 0 amide bonds. The van der Waals surface area contributed by atoms with Gasteiger partial charge in [-0.1, -0.05) is 11.6 Å². The first-order valence-corrected chi connectivity index (χ1v) is 4.40. The van der Waals surface area contributed by atoms with Crippen molar-refractivity contribution in [2.24, 2.45) is 7.05 Å². The number of aliphatic carboxylic acids is 1. The molecule has 0 saturated heterocycles. The van der Waals surface area contributed by atoms with Crippen LogP contribution in [-0.4, -0.2) is 15.6 Å². The van der Waals surface area contributed by atoms with Gasteiger partial charge in [0, 0.05) is 13.2 Å². The summed E-state index contributed by atoms with van der Waals surface area (Å²) in [5.41, 5.74) is 0.192. The Morgan fingerprint density at radius 3 is 2.64 bits per heavy atom. The summed E-state index contributed by atoms with van der Waals surface area (Å²) in [6.45, 7) is 1.54. The quantitative estimate of drug-likeness (QED) is 0.807. The van der Waals surface area contributed by atoms with Crippen LogP contribution in [0.2, 0.25) is 5.02 Å². The van der Waals surface area contributed by atoms with E-state index in [1.807, 2.05) is 0 Å². The van der Waals surface area contributed by atoms with Gasteiger partial charge in [-0.2, -0.15) is 0 Å². The molecule has 4 nitrogen and oxygen atoms in total. The Balaban J connectivity index is 3.26. The standard InChI is InChI=1S/C9H10ClNO3/c1-5(9(13)14)6-3-7(10)8(12)11(2)4-6/h3-5H,1-2H3,(H,13,14). The average molecular weight is 216 g/mol. The summed E-state index contributed by atoms with van der Waals surface area (Å²) in [7, 11) is 1.53. The highest BCUT2D eigenvalue weighted by Crippen LogP contribution is 2.16. The molecule has 0 aliphatic heterocycles. The fourth-order valence-corrected chi connectivity index (χ4v) is 1.33. The van der Waals surface area contributed by atoms with E-state index in [9.17, 15) is 9.59 Å². The number of pyridine rings is 1. The van der Waals surface area contributed by atoms with Crippen molar-refractivity contribution in [2.75, 3.05) is 0 Å². The molecule has 14 heavy (non-hydrogen) atoms. The number of hydrogen-bond acceptors (Lipinski definition) is 2. The molecule has 0 spiro atoms. The zero-order valence-corrected chi connectivity index (χ0v) is 8.58. The summed E-state index contributed by atoms with van der Waals surface area (Å²) in [5.74, 6) is -1.61. The third kappa shape index (κ3) is 1.96. The second-order valence-corrected chi connectivity index (χ2v) is 3.50. The van der Waals surface area contributed by atoms with E-state index >= 15 is 0 Å². The molecule has 0 radical (unpaired) electrons. The number of carboxylic acid groups (broad SMARTS) is 1. The summed E-state index contributed by atoms with van der Waals surface area (Å²) < 4.78 is 1.27. The Hall–Kier alpha value is -1.29. The monoisotopic (exact) mass is 215 g/mol. The smallest absolute Gasteiger partial charge is 0.310 e. The summed E-state index contributed by atoms with van der Waals surface area (Å²) in [6.07, 6.45) is 1.48. The zero-order chi connectivity index (χ0) is 10.9. The highest BCUT2D eigenvalue weighted by molar-refractivity contribution is 6.30. The van der Waals surface area contributed by atoms with Crippen molar-refractivity contribution < 1.29 is 9.90 Å². The third-order valence-corrected chi connectivity index (χ3v) is 2.30. The highest BCUT2D eigenvalue weighted by Gasteiger charge is 2.15. The molecule has 1 unspecified atom stereocenters. The summed E-state index contributed by atoms with van der Waals surface area (Å²) in [4.78, 5) is 21.9. The number of carbonyl (C=O) groups is 1. The number of halogens is 1. The molecule has 0 fully saturated rings. The first-order chi connectivity index (χ1) is 6.43. The molecule has 1 N–H and O–H groups in total. The van der Waals surface area contributed by atoms with Crippen LogP contribution < -0.4 is 5.56 Å². The molecule has 0 aromatic carbocycles. The van der Waals surface area contributed by atoms with Crippen molar-refractivity contribution in [1.82, 2.24) is 4.57 Å². The summed E-state index contributed by atoms with van der Waals surface area (Å²) in [5, 5.41) is 8.80. The van der Waals surface area contributed by atoms with E-state index in [0.717, 1.165) is 0 Å². The summed E-state index contributed by atoms with van der Waals surface area (Å²) in [6, 6.07) is 1.39. The molecule has 1 rings (SSSR count). The van der Waals surface area contributed by atoms with Gasteiger partial charge in [0.05, 0.1) is 5.92 Å². The van der Waals surface area contributed by atoms with Crippen LogP contribution >= 0.6 is 11.6 Å². The highest BCUT2D eigenvalue weighted by atomic mass is 35.5. The number of aromatic nitrogens is 1. The van der Waals surface area contributed by atoms with Crippen molar-refractivity contribution in [1.29, 1.82) is 0 Å². The van der Waals surface area contributed by atoms with Crippen molar-refractivity contribution in [3.63, 3.8) is 0 Å². The maximum Gasteiger partial charge on any atom is 0.310 e. The predicted octanol–water partition coefficient (Wildman–Crippen LogP) is 1.23. The van der Waals surface area contributed by atoms with Crippen molar-refractivity contribution >= 4 is 17.6 Å². The maximum absolute atomic E-state index is 11.2. The molecule has 76 valence electrons. The van der Waals surface area contributed by atoms with E-state index in [4.69, 9.17) is 16.7 Å². The van der Waals surface area contributed by atoms with Gasteiger partial charge >= 0.3 is 5.97 Å². The van der Waals surface area contributed by atoms with Crippen LogP contribution in [0.25, 0.3) is 0 Å². The first-order valence-electron chi connectivity index (χ1n) is 4.02. The van der Waals surface area contributed by atoms with Gasteiger partial charge in [-0.15, -0.1) is 0 Å². The second kappa shape index (κ2) is 3.84. The lowest BCUT2D eigenvalue weighted by Gasteiger charge is -2.08. The Bertz CT molecular complexity index is 398. The molecule has 0 saturated carbocycles. The van der Waals surface area contributed by atoms with Crippen LogP contribution in [0.15, 0.2) is 17.1 Å². The Kier molecular flexibility index (Phi) is 2.96. The molecular weight excluding hydrogens is 206 g/mol. The van der Waals surface area contributed by atoms with E-state index in [-0.39, 0.29) is 10.6 Å². The number of carboxylic acids is 1. The van der Waals surface area contributed by atoms with Gasteiger partial charge in [-0.05, 0) is 18.6 Å². The van der Waals surface area contributed by atoms with E-state index in [1.165, 1.54) is 23.9 Å². The average Bonchev–Trinajstić information content (AvgIpc) is 2.12. The maximum atomic E-state index is 11.2. The number of hydrogen-bond donors (Lipinski definition) is 1. The van der Waals surface area contributed by atoms with Gasteiger partial charge in [0.2, 0.25) is 0 Å². The molecule has 1 aromatic rings. The lowest BCUT2D eigenvalue weighted by atomic mass is 10.0. The van der Waals surface area contributed by atoms with Gasteiger partial charge in [0.15, 0.2) is 0 Å². The molecule has 5 heteroatoms. The minimum absolute atomic E-state index is 0.0399. The normalized spacial score (nSPS) is 12.5. The SMILES string of the molecule is CC(C(=O)O)c1cc(Cl)c(=O)n(C)c1. The molecule has 1 heterocycles. The topological polar surface area (TPSA) is 59.3 Å². The van der Waals surface area contributed by atoms with Gasteiger partial charge in [0.1, 0.15) is 5.02 Å². The lowest BCUT2D eigenvalue weighted by Crippen LogP contribution is -2.19. The molecule has 0 aliphatic carbocycles. The molecule has 1 aromatic heterocycles. The van der Waals surface area contributed by atoms with Crippen LogP contribution in [0, 0.1) is 0 Å². The molecular formula is C9H10ClNO3. The van der Waals surface area contributed by atoms with Crippen molar-refractivity contribution in [2.45, 2.75) is 12.8 Å². The van der Waals surface area contributed by atoms with Crippen LogP contribution in [0.3, 0.4) is 0 Å². The largest absolute Gasteiger partial charge is 0.481 e. The first kappa shape index (κ1) is 10.8. The second-order valence-electron chi connectivity index (χ2n) is 3.10. The van der Waals surface area contributed by atoms with E-state index in [1.54, 1.807) is 6.92 Å². The Morgan fingerprint density at radius 2 is 2.21 bits per heavy atom. The van der Waals surface area contributed by atoms with E-state index in [2.05, 4.69) is 0 Å². The summed E-state index contributed by atoms with van der Waals surface area (Å²) >= 11 is 5.64. The van der Waals surface area contributed by atoms with Crippen LogP contribution in [0.4, 0.5) is 0 Å². The number of rotatable bonds is 2. The Labute approximate surface area is 85.7 Å². The van der Waals surface area contributed by atoms with Gasteiger partial charge in [-0.25, -0.2) is 0 Å². The predicted molar refractivity (Wildman–Crippen MR) is 52.7 cm³/mol. The van der Waals surface area contributed by atoms with Crippen molar-refractivity contribution in [3.8, 4) is 0 Å². The molecule has 1 atom stereocenters. The Morgan fingerprint density at radius 1 is 1.64 bits per heavy atom. The van der Waals surface area contributed by atoms with Crippen molar-refractivity contribution in [3.05, 3.63) is 33.2 Å². The van der Waals surface area contributed by atoms with E-state index < -0.39 is 11.9 Å². The van der Waals surface area contributed by atoms with Crippen LogP contribution in [-0.2, 0) is 11.8 Å². The van der Waals surface area contributed by atoms with Gasteiger partial charge in [-0.3, -0.25) is 9.59 Å². The van der Waals surface area contributed by atoms with E-state index in [0.29, 0.717) is 5.56 Å². The lowest BCUT2D eigenvalue weighted by molar-refractivity contribution is -0.138. The van der Waals surface area contributed by atoms with Crippen LogP contribution in [0.1, 0.15) is 18.4 Å². The molecule has 0 aliphatic rings. The number of aryl methyl sites for hydroxylation is 1. The van der Waals surface area contributed by atoms with Gasteiger partial charge < -0.3 is 9.67 Å². The fourth-order valence-electron chi connectivity index (χ4n) is 1.08. The number of nitrogens with zero attached hydrogens (tertiary/aromatic N) is 1.